The van der Waals surface area contributed by atoms with Gasteiger partial charge in [-0.25, -0.2) is 9.67 Å². The first-order valence-electron chi connectivity index (χ1n) is 12.0. The van der Waals surface area contributed by atoms with Crippen molar-refractivity contribution in [2.24, 2.45) is 17.3 Å². The lowest BCUT2D eigenvalue weighted by Gasteiger charge is -2.60. The van der Waals surface area contributed by atoms with E-state index in [1.165, 1.54) is 6.42 Å². The minimum atomic E-state index is -0.382. The van der Waals surface area contributed by atoms with E-state index >= 15 is 0 Å². The van der Waals surface area contributed by atoms with Crippen LogP contribution in [0.2, 0.25) is 10.0 Å². The fourth-order valence-corrected chi connectivity index (χ4v) is 7.89. The molecule has 4 aliphatic rings. The fourth-order valence-electron chi connectivity index (χ4n) is 7.31. The van der Waals surface area contributed by atoms with E-state index in [0.29, 0.717) is 33.2 Å². The van der Waals surface area contributed by atoms with Gasteiger partial charge in [0.05, 0.1) is 44.6 Å². The number of amides is 1. The number of carbonyl (C=O) groups excluding carboxylic acids is 1. The number of nitrogens with one attached hydrogen (secondary N) is 1. The number of carbonyl (C=O) groups is 1. The van der Waals surface area contributed by atoms with E-state index in [2.05, 4.69) is 31.3 Å². The van der Waals surface area contributed by atoms with Crippen molar-refractivity contribution in [2.75, 3.05) is 5.32 Å². The van der Waals surface area contributed by atoms with Crippen molar-refractivity contribution in [1.82, 2.24) is 24.5 Å². The molecule has 10 heteroatoms. The van der Waals surface area contributed by atoms with Crippen LogP contribution in [0.3, 0.4) is 0 Å². The summed E-state index contributed by atoms with van der Waals surface area (Å²) in [5.74, 6) is 1.21. The summed E-state index contributed by atoms with van der Waals surface area (Å²) >= 11 is 15.7. The normalized spacial score (nSPS) is 29.1. The van der Waals surface area contributed by atoms with Gasteiger partial charge in [0.15, 0.2) is 0 Å². The zero-order chi connectivity index (χ0) is 24.5. The molecule has 7 rings (SSSR count). The van der Waals surface area contributed by atoms with Crippen LogP contribution in [0.15, 0.2) is 29.3 Å². The van der Waals surface area contributed by atoms with Crippen LogP contribution in [0.25, 0.3) is 0 Å². The Bertz CT molecular complexity index is 1320. The van der Waals surface area contributed by atoms with Gasteiger partial charge in [-0.3, -0.25) is 9.48 Å². The molecular weight excluding hydrogens is 551 g/mol. The van der Waals surface area contributed by atoms with Crippen molar-refractivity contribution in [3.05, 3.63) is 56.3 Å². The molecule has 1 N–H and O–H groups in total. The van der Waals surface area contributed by atoms with Crippen LogP contribution in [0.1, 0.15) is 55.5 Å². The number of hydrogen-bond donors (Lipinski definition) is 1. The lowest BCUT2D eigenvalue weighted by Crippen LogP contribution is -2.60. The number of rotatable bonds is 5. The van der Waals surface area contributed by atoms with Crippen molar-refractivity contribution in [2.45, 2.75) is 64.5 Å². The Morgan fingerprint density at radius 1 is 1.14 bits per heavy atom. The highest BCUT2D eigenvalue weighted by molar-refractivity contribution is 9.10. The molecular formula is C25H27BrCl2N6O. The predicted octanol–water partition coefficient (Wildman–Crippen LogP) is 6.14. The smallest absolute Gasteiger partial charge is 0.230 e. The third-order valence-electron chi connectivity index (χ3n) is 8.40. The number of anilines is 1. The molecule has 0 spiro atoms. The molecule has 2 heterocycles. The second-order valence-corrected chi connectivity index (χ2v) is 12.4. The van der Waals surface area contributed by atoms with Gasteiger partial charge in [-0.2, -0.15) is 5.10 Å². The summed E-state index contributed by atoms with van der Waals surface area (Å²) in [6.07, 6.45) is 7.90. The van der Waals surface area contributed by atoms with Crippen molar-refractivity contribution < 1.29 is 4.79 Å². The highest BCUT2D eigenvalue weighted by Crippen LogP contribution is 2.64. The Balaban J connectivity index is 1.27. The number of hydrogen-bond acceptors (Lipinski definition) is 4. The maximum Gasteiger partial charge on any atom is 0.230 e. The molecule has 4 bridgehead atoms. The predicted molar refractivity (Wildman–Crippen MR) is 139 cm³/mol. The Kier molecular flexibility index (Phi) is 5.58. The number of benzene rings is 1. The van der Waals surface area contributed by atoms with E-state index in [9.17, 15) is 4.79 Å². The van der Waals surface area contributed by atoms with Gasteiger partial charge in [-0.05, 0) is 97.8 Å². The van der Waals surface area contributed by atoms with Crippen LogP contribution in [0, 0.1) is 31.1 Å². The largest absolute Gasteiger partial charge is 0.322 e. The fraction of sp³-hybridized carbons (Fsp3) is 0.520. The molecule has 4 fully saturated rings. The van der Waals surface area contributed by atoms with Crippen LogP contribution in [-0.4, -0.2) is 30.5 Å². The first kappa shape index (κ1) is 23.5. The van der Waals surface area contributed by atoms with Gasteiger partial charge in [-0.15, -0.1) is 5.10 Å². The molecule has 2 atom stereocenters. The van der Waals surface area contributed by atoms with Gasteiger partial charge < -0.3 is 5.32 Å². The van der Waals surface area contributed by atoms with Gasteiger partial charge in [0, 0.05) is 0 Å². The van der Waals surface area contributed by atoms with Crippen molar-refractivity contribution >= 4 is 50.7 Å². The summed E-state index contributed by atoms with van der Waals surface area (Å²) in [5, 5.41) is 13.7. The summed E-state index contributed by atoms with van der Waals surface area (Å²) in [6, 6.07) is 5.60. The Morgan fingerprint density at radius 2 is 1.89 bits per heavy atom. The SMILES string of the molecule is Cc1nn(Cc2ccc(Cl)c(Cl)c2)c(C)c1NC(=O)C12CC3CC(C1)CC(n1cnc(Br)n1)(C3)C2. The molecule has 0 aliphatic heterocycles. The molecule has 1 aromatic carbocycles. The molecule has 0 radical (unpaired) electrons. The van der Waals surface area contributed by atoms with Gasteiger partial charge in [0.25, 0.3) is 0 Å². The van der Waals surface area contributed by atoms with E-state index in [4.69, 9.17) is 28.3 Å². The molecule has 2 aromatic heterocycles. The molecule has 7 nitrogen and oxygen atoms in total. The van der Waals surface area contributed by atoms with Gasteiger partial charge in [-0.1, -0.05) is 29.3 Å². The highest BCUT2D eigenvalue weighted by Gasteiger charge is 2.61. The summed E-state index contributed by atoms with van der Waals surface area (Å²) in [4.78, 5) is 18.3. The van der Waals surface area contributed by atoms with E-state index in [-0.39, 0.29) is 16.9 Å². The molecule has 3 aromatic rings. The van der Waals surface area contributed by atoms with E-state index in [1.807, 2.05) is 41.7 Å². The summed E-state index contributed by atoms with van der Waals surface area (Å²) in [6.45, 7) is 4.50. The number of halogens is 3. The molecule has 4 saturated carbocycles. The van der Waals surface area contributed by atoms with Crippen molar-refractivity contribution in [3.8, 4) is 0 Å². The maximum atomic E-state index is 14.0. The second-order valence-electron chi connectivity index (χ2n) is 10.8. The van der Waals surface area contributed by atoms with Crippen LogP contribution in [0.4, 0.5) is 5.69 Å². The van der Waals surface area contributed by atoms with E-state index in [1.54, 1.807) is 6.07 Å². The standard InChI is InChI=1S/C25H27BrCl2N6O/c1-14-21(15(2)33(31-14)11-16-3-4-19(27)20(28)6-16)30-22(35)24-7-17-5-18(8-24)10-25(9-17,12-24)34-13-29-23(26)32-34/h3-4,6,13,17-18H,5,7-12H2,1-2H3,(H,30,35). The van der Waals surface area contributed by atoms with E-state index in [0.717, 1.165) is 54.7 Å². The minimum absolute atomic E-state index is 0.121. The van der Waals surface area contributed by atoms with Gasteiger partial charge >= 0.3 is 0 Å². The average molecular weight is 578 g/mol. The van der Waals surface area contributed by atoms with Crippen molar-refractivity contribution in [3.63, 3.8) is 0 Å². The topological polar surface area (TPSA) is 77.6 Å². The Hall–Kier alpha value is -1.90. The minimum Gasteiger partial charge on any atom is -0.322 e. The molecule has 184 valence electrons. The maximum absolute atomic E-state index is 14.0. The number of aromatic nitrogens is 5. The Labute approximate surface area is 222 Å². The van der Waals surface area contributed by atoms with Crippen LogP contribution in [-0.2, 0) is 16.9 Å². The first-order valence-corrected chi connectivity index (χ1v) is 13.6. The number of aryl methyl sites for hydroxylation is 1. The molecule has 1 amide bonds. The number of nitrogens with zero attached hydrogens (tertiary/aromatic N) is 5. The average Bonchev–Trinajstić information content (AvgIpc) is 3.34. The quantitative estimate of drug-likeness (QED) is 0.395. The lowest BCUT2D eigenvalue weighted by atomic mass is 9.46. The third-order valence-corrected chi connectivity index (χ3v) is 9.50. The van der Waals surface area contributed by atoms with Crippen LogP contribution in [0.5, 0.6) is 0 Å². The first-order chi connectivity index (χ1) is 16.7. The zero-order valence-corrected chi connectivity index (χ0v) is 22.8. The summed E-state index contributed by atoms with van der Waals surface area (Å²) in [7, 11) is 0. The second kappa shape index (κ2) is 8.32. The van der Waals surface area contributed by atoms with Crippen molar-refractivity contribution in [1.29, 1.82) is 0 Å². The van der Waals surface area contributed by atoms with Gasteiger partial charge in [0.2, 0.25) is 10.6 Å². The molecule has 0 saturated heterocycles. The lowest BCUT2D eigenvalue weighted by molar-refractivity contribution is -0.150. The molecule has 35 heavy (non-hydrogen) atoms. The highest BCUT2D eigenvalue weighted by atomic mass is 79.9. The Morgan fingerprint density at radius 3 is 2.54 bits per heavy atom. The van der Waals surface area contributed by atoms with Crippen LogP contribution >= 0.6 is 39.1 Å². The van der Waals surface area contributed by atoms with Gasteiger partial charge in [0.1, 0.15) is 6.33 Å². The van der Waals surface area contributed by atoms with E-state index < -0.39 is 0 Å². The van der Waals surface area contributed by atoms with Crippen LogP contribution < -0.4 is 5.32 Å². The third kappa shape index (κ3) is 3.92. The molecule has 2 unspecified atom stereocenters. The monoisotopic (exact) mass is 576 g/mol. The zero-order valence-electron chi connectivity index (χ0n) is 19.7. The summed E-state index contributed by atoms with van der Waals surface area (Å²) in [5.41, 5.74) is 3.06. The molecule has 4 aliphatic carbocycles. The summed E-state index contributed by atoms with van der Waals surface area (Å²) < 4.78 is 4.55.